The first-order chi connectivity index (χ1) is 12.1. The molecule has 1 aliphatic rings. The number of nitrogens with two attached hydrogens (primary N) is 1. The smallest absolute Gasteiger partial charge is 0.286 e. The lowest BCUT2D eigenvalue weighted by molar-refractivity contribution is -0.113. The second-order valence-corrected chi connectivity index (χ2v) is 6.55. The predicted molar refractivity (Wildman–Crippen MR) is 101 cm³/mol. The van der Waals surface area contributed by atoms with E-state index in [9.17, 15) is 4.79 Å². The van der Waals surface area contributed by atoms with Crippen molar-refractivity contribution in [1.29, 1.82) is 0 Å². The zero-order valence-electron chi connectivity index (χ0n) is 14.0. The number of thioether (sulfide) groups is 1. The largest absolute Gasteiger partial charge is 0.493 e. The molecule has 0 spiro atoms. The monoisotopic (exact) mass is 354 g/mol. The molecule has 2 aromatic carbocycles. The molecule has 128 valence electrons. The van der Waals surface area contributed by atoms with Gasteiger partial charge in [-0.2, -0.15) is 4.99 Å². The summed E-state index contributed by atoms with van der Waals surface area (Å²) in [5, 5.41) is 0.265. The number of rotatable bonds is 5. The van der Waals surface area contributed by atoms with E-state index in [1.165, 1.54) is 5.56 Å². The minimum absolute atomic E-state index is 0.265. The molecule has 2 aromatic rings. The maximum absolute atomic E-state index is 11.7. The van der Waals surface area contributed by atoms with Gasteiger partial charge in [0, 0.05) is 0 Å². The highest BCUT2D eigenvalue weighted by atomic mass is 32.2. The van der Waals surface area contributed by atoms with Gasteiger partial charge in [-0.15, -0.1) is 0 Å². The van der Waals surface area contributed by atoms with E-state index in [1.54, 1.807) is 13.2 Å². The van der Waals surface area contributed by atoms with Crippen molar-refractivity contribution >= 4 is 28.9 Å². The molecule has 0 radical (unpaired) electrons. The fourth-order valence-corrected chi connectivity index (χ4v) is 3.08. The van der Waals surface area contributed by atoms with E-state index in [0.717, 1.165) is 22.9 Å². The van der Waals surface area contributed by atoms with Crippen LogP contribution in [0.1, 0.15) is 16.7 Å². The molecule has 25 heavy (non-hydrogen) atoms. The molecule has 6 heteroatoms. The summed E-state index contributed by atoms with van der Waals surface area (Å²) < 4.78 is 11.3. The van der Waals surface area contributed by atoms with Gasteiger partial charge < -0.3 is 15.2 Å². The molecule has 2 N–H and O–H groups in total. The third kappa shape index (κ3) is 4.03. The Balaban J connectivity index is 1.77. The fourth-order valence-electron chi connectivity index (χ4n) is 2.40. The van der Waals surface area contributed by atoms with Crippen LogP contribution in [0.4, 0.5) is 0 Å². The minimum Gasteiger partial charge on any atom is -0.493 e. The molecule has 1 heterocycles. The SMILES string of the molecule is COc1cc(/C=C2\SC(N)=NC2=O)ccc1OCc1ccccc1C. The molecule has 0 bridgehead atoms. The van der Waals surface area contributed by atoms with Gasteiger partial charge in [0.2, 0.25) is 0 Å². The number of carbonyl (C=O) groups is 1. The molecule has 1 aliphatic heterocycles. The second kappa shape index (κ2) is 7.44. The van der Waals surface area contributed by atoms with Gasteiger partial charge in [-0.05, 0) is 53.6 Å². The lowest BCUT2D eigenvalue weighted by Gasteiger charge is -2.12. The number of ether oxygens (including phenoxy) is 2. The van der Waals surface area contributed by atoms with Gasteiger partial charge >= 0.3 is 0 Å². The number of aliphatic imine (C=N–C) groups is 1. The fraction of sp³-hybridized carbons (Fsp3) is 0.158. The number of aryl methyl sites for hydroxylation is 1. The van der Waals surface area contributed by atoms with Crippen LogP contribution in [-0.4, -0.2) is 18.2 Å². The Bertz CT molecular complexity index is 875. The van der Waals surface area contributed by atoms with E-state index in [4.69, 9.17) is 15.2 Å². The topological polar surface area (TPSA) is 73.9 Å². The number of hydrogen-bond acceptors (Lipinski definition) is 5. The van der Waals surface area contributed by atoms with Crippen LogP contribution >= 0.6 is 11.8 Å². The maximum atomic E-state index is 11.7. The van der Waals surface area contributed by atoms with E-state index < -0.39 is 0 Å². The Labute approximate surface area is 150 Å². The summed E-state index contributed by atoms with van der Waals surface area (Å²) in [7, 11) is 1.59. The molecular formula is C19H18N2O3S. The number of benzene rings is 2. The van der Waals surface area contributed by atoms with Gasteiger partial charge in [0.05, 0.1) is 12.0 Å². The summed E-state index contributed by atoms with van der Waals surface area (Å²) in [6.07, 6.45) is 1.74. The van der Waals surface area contributed by atoms with Crippen molar-refractivity contribution in [2.45, 2.75) is 13.5 Å². The van der Waals surface area contributed by atoms with Crippen LogP contribution in [0.15, 0.2) is 52.4 Å². The van der Waals surface area contributed by atoms with Crippen molar-refractivity contribution in [2.75, 3.05) is 7.11 Å². The van der Waals surface area contributed by atoms with Crippen molar-refractivity contribution in [3.8, 4) is 11.5 Å². The molecule has 1 amide bonds. The molecule has 0 aromatic heterocycles. The molecule has 0 fully saturated rings. The Morgan fingerprint density at radius 1 is 1.20 bits per heavy atom. The van der Waals surface area contributed by atoms with Gasteiger partial charge in [0.15, 0.2) is 16.7 Å². The summed E-state index contributed by atoms with van der Waals surface area (Å²) in [6, 6.07) is 13.6. The molecule has 5 nitrogen and oxygen atoms in total. The molecule has 0 saturated heterocycles. The molecule has 0 unspecified atom stereocenters. The zero-order chi connectivity index (χ0) is 17.8. The number of amides is 1. The van der Waals surface area contributed by atoms with Gasteiger partial charge in [0.25, 0.3) is 5.91 Å². The van der Waals surface area contributed by atoms with E-state index >= 15 is 0 Å². The molecule has 0 atom stereocenters. The average Bonchev–Trinajstić information content (AvgIpc) is 2.92. The Kier molecular flexibility index (Phi) is 5.09. The van der Waals surface area contributed by atoms with E-state index in [2.05, 4.69) is 18.0 Å². The highest BCUT2D eigenvalue weighted by molar-refractivity contribution is 8.18. The van der Waals surface area contributed by atoms with E-state index in [-0.39, 0.29) is 11.1 Å². The van der Waals surface area contributed by atoms with Gasteiger partial charge in [-0.25, -0.2) is 0 Å². The second-order valence-electron chi connectivity index (χ2n) is 5.49. The minimum atomic E-state index is -0.318. The summed E-state index contributed by atoms with van der Waals surface area (Å²) in [5.41, 5.74) is 8.68. The first kappa shape index (κ1) is 17.1. The summed E-state index contributed by atoms with van der Waals surface area (Å²) in [6.45, 7) is 2.51. The number of methoxy groups -OCH3 is 1. The van der Waals surface area contributed by atoms with Crippen LogP contribution in [0.2, 0.25) is 0 Å². The van der Waals surface area contributed by atoms with Crippen LogP contribution in [0.5, 0.6) is 11.5 Å². The lowest BCUT2D eigenvalue weighted by Crippen LogP contribution is -2.01. The van der Waals surface area contributed by atoms with E-state index in [1.807, 2.05) is 36.4 Å². The van der Waals surface area contributed by atoms with Crippen LogP contribution in [0.3, 0.4) is 0 Å². The highest BCUT2D eigenvalue weighted by Crippen LogP contribution is 2.32. The lowest BCUT2D eigenvalue weighted by atomic mass is 10.1. The number of hydrogen-bond donors (Lipinski definition) is 1. The summed E-state index contributed by atoms with van der Waals surface area (Å²) in [4.78, 5) is 15.9. The average molecular weight is 354 g/mol. The highest BCUT2D eigenvalue weighted by Gasteiger charge is 2.19. The van der Waals surface area contributed by atoms with Crippen LogP contribution in [0, 0.1) is 6.92 Å². The van der Waals surface area contributed by atoms with Gasteiger partial charge in [-0.1, -0.05) is 30.3 Å². The van der Waals surface area contributed by atoms with Crippen molar-refractivity contribution in [1.82, 2.24) is 0 Å². The Morgan fingerprint density at radius 2 is 2.00 bits per heavy atom. The first-order valence-corrected chi connectivity index (χ1v) is 8.52. The van der Waals surface area contributed by atoms with Crippen LogP contribution in [-0.2, 0) is 11.4 Å². The number of carbonyl (C=O) groups excluding carboxylic acids is 1. The van der Waals surface area contributed by atoms with Crippen molar-refractivity contribution in [2.24, 2.45) is 10.7 Å². The van der Waals surface area contributed by atoms with Crippen LogP contribution in [0.25, 0.3) is 6.08 Å². The summed E-state index contributed by atoms with van der Waals surface area (Å²) in [5.74, 6) is 0.933. The molecule has 0 saturated carbocycles. The molecule has 3 rings (SSSR count). The van der Waals surface area contributed by atoms with Crippen molar-refractivity contribution in [3.05, 3.63) is 64.1 Å². The normalized spacial score (nSPS) is 15.4. The zero-order valence-corrected chi connectivity index (χ0v) is 14.8. The Morgan fingerprint density at radius 3 is 2.68 bits per heavy atom. The predicted octanol–water partition coefficient (Wildman–Crippen LogP) is 3.51. The number of nitrogens with zero attached hydrogens (tertiary/aromatic N) is 1. The molecular weight excluding hydrogens is 336 g/mol. The molecule has 0 aliphatic carbocycles. The first-order valence-electron chi connectivity index (χ1n) is 7.70. The third-order valence-corrected chi connectivity index (χ3v) is 4.58. The van der Waals surface area contributed by atoms with Gasteiger partial charge in [0.1, 0.15) is 6.61 Å². The third-order valence-electron chi connectivity index (χ3n) is 3.77. The number of amidine groups is 1. The van der Waals surface area contributed by atoms with Crippen molar-refractivity contribution in [3.63, 3.8) is 0 Å². The van der Waals surface area contributed by atoms with Crippen molar-refractivity contribution < 1.29 is 14.3 Å². The van der Waals surface area contributed by atoms with Crippen LogP contribution < -0.4 is 15.2 Å². The quantitative estimate of drug-likeness (QED) is 0.832. The van der Waals surface area contributed by atoms with Gasteiger partial charge in [-0.3, -0.25) is 4.79 Å². The Hall–Kier alpha value is -2.73. The standard InChI is InChI=1S/C19H18N2O3S/c1-12-5-3-4-6-14(12)11-24-15-8-7-13(9-16(15)23-2)10-17-18(22)21-19(20)25-17/h3-10H,11H2,1-2H3,(H2,20,21,22)/b17-10-. The van der Waals surface area contributed by atoms with E-state index in [0.29, 0.717) is 23.0 Å². The maximum Gasteiger partial charge on any atom is 0.286 e. The summed E-state index contributed by atoms with van der Waals surface area (Å²) >= 11 is 1.16.